The quantitative estimate of drug-likeness (QED) is 0.619. The molecule has 1 aliphatic rings. The Balaban J connectivity index is 2.22. The number of nitrogens with zero attached hydrogens (tertiary/aromatic N) is 1. The average molecular weight is 257 g/mol. The van der Waals surface area contributed by atoms with Crippen LogP contribution in [0.4, 0.5) is 0 Å². The van der Waals surface area contributed by atoms with Crippen molar-refractivity contribution >= 4 is 0 Å². The summed E-state index contributed by atoms with van der Waals surface area (Å²) in [7, 11) is 0. The summed E-state index contributed by atoms with van der Waals surface area (Å²) in [5.41, 5.74) is 0. The molecule has 0 spiro atoms. The first-order valence-corrected chi connectivity index (χ1v) is 6.40. The maximum absolute atomic E-state index is 5.47. The van der Waals surface area contributed by atoms with E-state index in [0.29, 0.717) is 59.4 Å². The molecule has 1 fully saturated rings. The molecule has 0 aliphatic carbocycles. The zero-order valence-corrected chi connectivity index (χ0v) is 10.9. The van der Waals surface area contributed by atoms with Gasteiger partial charge in [0.05, 0.1) is 59.4 Å². The fourth-order valence-corrected chi connectivity index (χ4v) is 1.55. The number of rotatable bonds is 1. The lowest BCUT2D eigenvalue weighted by Crippen LogP contribution is -2.32. The third kappa shape index (κ3) is 8.45. The van der Waals surface area contributed by atoms with Crippen LogP contribution in [0.3, 0.4) is 0 Å². The van der Waals surface area contributed by atoms with Gasteiger partial charge in [0.15, 0.2) is 0 Å². The van der Waals surface area contributed by atoms with E-state index in [-0.39, 0.29) is 0 Å². The van der Waals surface area contributed by atoms with Gasteiger partial charge in [-0.15, -0.1) is 6.42 Å². The van der Waals surface area contributed by atoms with Crippen molar-refractivity contribution in [2.45, 2.75) is 0 Å². The molecule has 0 amide bonds. The summed E-state index contributed by atoms with van der Waals surface area (Å²) in [5, 5.41) is 0. The van der Waals surface area contributed by atoms with E-state index >= 15 is 0 Å². The van der Waals surface area contributed by atoms with Gasteiger partial charge in [-0.25, -0.2) is 0 Å². The average Bonchev–Trinajstić information content (AvgIpc) is 2.39. The standard InChI is InChI=1S/C13H23NO4/c1-2-3-14-4-6-15-8-10-17-12-13-18-11-9-16-7-5-14/h1H,3-13H2. The topological polar surface area (TPSA) is 40.2 Å². The zero-order chi connectivity index (χ0) is 12.9. The second kappa shape index (κ2) is 11.5. The highest BCUT2D eigenvalue weighted by atomic mass is 16.6. The SMILES string of the molecule is C#CCN1CCOCCOCCOCCOCC1. The molecule has 1 aliphatic heterocycles. The summed E-state index contributed by atoms with van der Waals surface area (Å²) in [6.45, 7) is 7.25. The van der Waals surface area contributed by atoms with Crippen molar-refractivity contribution in [3.63, 3.8) is 0 Å². The van der Waals surface area contributed by atoms with Gasteiger partial charge in [0, 0.05) is 13.1 Å². The van der Waals surface area contributed by atoms with Gasteiger partial charge in [-0.1, -0.05) is 5.92 Å². The Morgan fingerprint density at radius 3 is 1.50 bits per heavy atom. The zero-order valence-electron chi connectivity index (χ0n) is 10.9. The Morgan fingerprint density at radius 1 is 0.722 bits per heavy atom. The Bertz CT molecular complexity index is 214. The number of terminal acetylenes is 1. The minimum atomic E-state index is 0.604. The van der Waals surface area contributed by atoms with Crippen LogP contribution < -0.4 is 0 Å². The van der Waals surface area contributed by atoms with Gasteiger partial charge in [-0.2, -0.15) is 0 Å². The molecule has 0 aromatic rings. The summed E-state index contributed by atoms with van der Waals surface area (Å²) in [6, 6.07) is 0. The second-order valence-electron chi connectivity index (χ2n) is 3.93. The number of hydrogen-bond donors (Lipinski definition) is 0. The molecule has 0 saturated carbocycles. The lowest BCUT2D eigenvalue weighted by atomic mass is 10.4. The van der Waals surface area contributed by atoms with Crippen molar-refractivity contribution in [1.29, 1.82) is 0 Å². The van der Waals surface area contributed by atoms with E-state index in [2.05, 4.69) is 10.8 Å². The van der Waals surface area contributed by atoms with Crippen LogP contribution in [0.5, 0.6) is 0 Å². The lowest BCUT2D eigenvalue weighted by molar-refractivity contribution is 0.00206. The van der Waals surface area contributed by atoms with E-state index in [1.54, 1.807) is 0 Å². The van der Waals surface area contributed by atoms with Gasteiger partial charge >= 0.3 is 0 Å². The highest BCUT2D eigenvalue weighted by Crippen LogP contribution is 1.91. The summed E-state index contributed by atoms with van der Waals surface area (Å²) in [4.78, 5) is 2.14. The van der Waals surface area contributed by atoms with Crippen molar-refractivity contribution < 1.29 is 18.9 Å². The van der Waals surface area contributed by atoms with Gasteiger partial charge in [0.1, 0.15) is 0 Å². The third-order valence-electron chi connectivity index (χ3n) is 2.53. The van der Waals surface area contributed by atoms with Gasteiger partial charge in [0.25, 0.3) is 0 Å². The Kier molecular flexibility index (Phi) is 9.81. The summed E-state index contributed by atoms with van der Waals surface area (Å²) in [5.74, 6) is 2.65. The fourth-order valence-electron chi connectivity index (χ4n) is 1.55. The summed E-state index contributed by atoms with van der Waals surface area (Å²) >= 11 is 0. The van der Waals surface area contributed by atoms with Crippen molar-refractivity contribution in [1.82, 2.24) is 4.90 Å². The Hall–Kier alpha value is -0.640. The lowest BCUT2D eigenvalue weighted by Gasteiger charge is -2.19. The van der Waals surface area contributed by atoms with E-state index in [9.17, 15) is 0 Å². The van der Waals surface area contributed by atoms with E-state index in [4.69, 9.17) is 25.4 Å². The molecule has 0 aromatic heterocycles. The summed E-state index contributed by atoms with van der Waals surface area (Å²) in [6.07, 6.45) is 5.33. The molecule has 0 bridgehead atoms. The van der Waals surface area contributed by atoms with Crippen LogP contribution in [0, 0.1) is 12.3 Å². The Labute approximate surface area is 109 Å². The van der Waals surface area contributed by atoms with Crippen LogP contribution in [0.1, 0.15) is 0 Å². The van der Waals surface area contributed by atoms with Gasteiger partial charge < -0.3 is 18.9 Å². The monoisotopic (exact) mass is 257 g/mol. The van der Waals surface area contributed by atoms with Crippen LogP contribution in [-0.4, -0.2) is 77.4 Å². The Morgan fingerprint density at radius 2 is 1.11 bits per heavy atom. The maximum Gasteiger partial charge on any atom is 0.0701 e. The first kappa shape index (κ1) is 15.4. The van der Waals surface area contributed by atoms with Gasteiger partial charge in [0.2, 0.25) is 0 Å². The number of ether oxygens (including phenoxy) is 4. The maximum atomic E-state index is 5.47. The van der Waals surface area contributed by atoms with Crippen LogP contribution in [-0.2, 0) is 18.9 Å². The van der Waals surface area contributed by atoms with Crippen molar-refractivity contribution in [3.8, 4) is 12.3 Å². The number of hydrogen-bond acceptors (Lipinski definition) is 5. The molecule has 0 aromatic carbocycles. The van der Waals surface area contributed by atoms with Crippen LogP contribution in [0.15, 0.2) is 0 Å². The molecule has 1 saturated heterocycles. The van der Waals surface area contributed by atoms with E-state index < -0.39 is 0 Å². The molecule has 0 unspecified atom stereocenters. The minimum absolute atomic E-state index is 0.604. The molecular weight excluding hydrogens is 234 g/mol. The largest absolute Gasteiger partial charge is 0.378 e. The van der Waals surface area contributed by atoms with Gasteiger partial charge in [-0.3, -0.25) is 4.90 Å². The molecule has 0 atom stereocenters. The van der Waals surface area contributed by atoms with Crippen molar-refractivity contribution in [2.24, 2.45) is 0 Å². The minimum Gasteiger partial charge on any atom is -0.378 e. The second-order valence-corrected chi connectivity index (χ2v) is 3.93. The highest BCUT2D eigenvalue weighted by Gasteiger charge is 2.03. The van der Waals surface area contributed by atoms with E-state index in [1.165, 1.54) is 0 Å². The van der Waals surface area contributed by atoms with Crippen LogP contribution in [0.2, 0.25) is 0 Å². The molecule has 18 heavy (non-hydrogen) atoms. The van der Waals surface area contributed by atoms with Gasteiger partial charge in [-0.05, 0) is 0 Å². The molecule has 0 N–H and O–H groups in total. The normalized spacial score (nSPS) is 22.6. The fraction of sp³-hybridized carbons (Fsp3) is 0.846. The molecule has 1 heterocycles. The van der Waals surface area contributed by atoms with E-state index in [0.717, 1.165) is 13.1 Å². The molecule has 5 nitrogen and oxygen atoms in total. The predicted octanol–water partition coefficient (Wildman–Crippen LogP) is 0.00160. The molecular formula is C13H23NO4. The molecule has 104 valence electrons. The first-order chi connectivity index (χ1) is 8.93. The summed E-state index contributed by atoms with van der Waals surface area (Å²) < 4.78 is 21.6. The van der Waals surface area contributed by atoms with Crippen LogP contribution in [0.25, 0.3) is 0 Å². The van der Waals surface area contributed by atoms with Crippen molar-refractivity contribution in [2.75, 3.05) is 72.5 Å². The van der Waals surface area contributed by atoms with Crippen molar-refractivity contribution in [3.05, 3.63) is 0 Å². The smallest absolute Gasteiger partial charge is 0.0701 e. The third-order valence-corrected chi connectivity index (χ3v) is 2.53. The highest BCUT2D eigenvalue weighted by molar-refractivity contribution is 4.88. The predicted molar refractivity (Wildman–Crippen MR) is 68.5 cm³/mol. The first-order valence-electron chi connectivity index (χ1n) is 6.40. The molecule has 1 rings (SSSR count). The molecule has 5 heteroatoms. The van der Waals surface area contributed by atoms with E-state index in [1.807, 2.05) is 0 Å². The van der Waals surface area contributed by atoms with Crippen LogP contribution >= 0.6 is 0 Å². The molecule has 0 radical (unpaired) electrons.